The van der Waals surface area contributed by atoms with Crippen molar-refractivity contribution in [1.29, 1.82) is 0 Å². The van der Waals surface area contributed by atoms with Crippen LogP contribution in [0.25, 0.3) is 17.2 Å². The Morgan fingerprint density at radius 1 is 1.11 bits per heavy atom. The maximum absolute atomic E-state index is 12.9. The predicted octanol–water partition coefficient (Wildman–Crippen LogP) is 4.10. The van der Waals surface area contributed by atoms with Crippen molar-refractivity contribution in [3.8, 4) is 11.1 Å². The van der Waals surface area contributed by atoms with Gasteiger partial charge in [-0.05, 0) is 63.5 Å². The van der Waals surface area contributed by atoms with Gasteiger partial charge in [-0.1, -0.05) is 30.4 Å². The molecule has 0 bridgehead atoms. The van der Waals surface area contributed by atoms with Crippen LogP contribution in [0.1, 0.15) is 5.56 Å². The molecule has 0 fully saturated rings. The summed E-state index contributed by atoms with van der Waals surface area (Å²) in [5.41, 5.74) is 3.07. The molecule has 0 heterocycles. The van der Waals surface area contributed by atoms with Crippen LogP contribution in [0.2, 0.25) is 0 Å². The van der Waals surface area contributed by atoms with E-state index in [9.17, 15) is 4.39 Å². The van der Waals surface area contributed by atoms with E-state index in [1.807, 2.05) is 24.3 Å². The van der Waals surface area contributed by atoms with Gasteiger partial charge >= 0.3 is 0 Å². The Morgan fingerprint density at radius 2 is 1.83 bits per heavy atom. The predicted molar refractivity (Wildman–Crippen MR) is 80.7 cm³/mol. The monoisotopic (exact) mass is 354 g/mol. The average molecular weight is 354 g/mol. The van der Waals surface area contributed by atoms with Crippen molar-refractivity contribution in [2.45, 2.75) is 0 Å². The van der Waals surface area contributed by atoms with E-state index in [-0.39, 0.29) is 12.4 Å². The molecule has 0 unspecified atom stereocenters. The minimum Gasteiger partial charge on any atom is -0.392 e. The Kier molecular flexibility index (Phi) is 4.49. The topological polar surface area (TPSA) is 20.2 Å². The lowest BCUT2D eigenvalue weighted by Crippen LogP contribution is -1.85. The van der Waals surface area contributed by atoms with Gasteiger partial charge in [-0.25, -0.2) is 4.39 Å². The second-order valence-corrected chi connectivity index (χ2v) is 4.99. The Balaban J connectivity index is 2.43. The van der Waals surface area contributed by atoms with Crippen LogP contribution in [0.3, 0.4) is 0 Å². The van der Waals surface area contributed by atoms with E-state index < -0.39 is 0 Å². The number of rotatable bonds is 3. The Bertz CT molecular complexity index is 561. The summed E-state index contributed by atoms with van der Waals surface area (Å²) in [4.78, 5) is 0. The maximum Gasteiger partial charge on any atom is 0.123 e. The highest BCUT2D eigenvalue weighted by Gasteiger charge is 2.03. The molecule has 2 aromatic carbocycles. The summed E-state index contributed by atoms with van der Waals surface area (Å²) < 4.78 is 14.0. The summed E-state index contributed by atoms with van der Waals surface area (Å²) in [6.45, 7) is 0.0257. The zero-order valence-electron chi connectivity index (χ0n) is 9.61. The molecule has 2 aromatic rings. The van der Waals surface area contributed by atoms with Gasteiger partial charge in [0.15, 0.2) is 0 Å². The number of hydrogen-bond acceptors (Lipinski definition) is 1. The fraction of sp³-hybridized carbons (Fsp3) is 0.0667. The molecule has 3 heteroatoms. The smallest absolute Gasteiger partial charge is 0.123 e. The highest BCUT2D eigenvalue weighted by atomic mass is 127. The van der Waals surface area contributed by atoms with Crippen LogP contribution in [-0.4, -0.2) is 11.7 Å². The van der Waals surface area contributed by atoms with Crippen molar-refractivity contribution < 1.29 is 9.50 Å². The van der Waals surface area contributed by atoms with Gasteiger partial charge in [-0.15, -0.1) is 0 Å². The van der Waals surface area contributed by atoms with Gasteiger partial charge in [0, 0.05) is 3.57 Å². The summed E-state index contributed by atoms with van der Waals surface area (Å²) in [6.07, 6.45) is 3.56. The second kappa shape index (κ2) is 6.11. The van der Waals surface area contributed by atoms with Crippen LogP contribution in [0, 0.1) is 9.39 Å². The van der Waals surface area contributed by atoms with Crippen LogP contribution < -0.4 is 0 Å². The third-order valence-electron chi connectivity index (χ3n) is 2.56. The normalized spacial score (nSPS) is 11.1. The fourth-order valence-electron chi connectivity index (χ4n) is 1.69. The van der Waals surface area contributed by atoms with E-state index in [1.54, 1.807) is 18.2 Å². The molecule has 0 spiro atoms. The van der Waals surface area contributed by atoms with Crippen LogP contribution in [0.4, 0.5) is 4.39 Å². The average Bonchev–Trinajstić information content (AvgIpc) is 2.39. The van der Waals surface area contributed by atoms with Gasteiger partial charge in [-0.2, -0.15) is 0 Å². The molecule has 0 aliphatic heterocycles. The zero-order chi connectivity index (χ0) is 13.0. The first-order valence-corrected chi connectivity index (χ1v) is 6.61. The minimum absolute atomic E-state index is 0.0257. The van der Waals surface area contributed by atoms with Crippen molar-refractivity contribution >= 4 is 28.7 Å². The summed E-state index contributed by atoms with van der Waals surface area (Å²) in [5.74, 6) is -0.231. The molecule has 18 heavy (non-hydrogen) atoms. The first-order valence-electron chi connectivity index (χ1n) is 5.53. The highest BCUT2D eigenvalue weighted by Crippen LogP contribution is 2.27. The highest BCUT2D eigenvalue weighted by molar-refractivity contribution is 14.1. The third kappa shape index (κ3) is 3.17. The number of halogens is 2. The van der Waals surface area contributed by atoms with Gasteiger partial charge in [0.05, 0.1) is 6.61 Å². The third-order valence-corrected chi connectivity index (χ3v) is 3.50. The summed E-state index contributed by atoms with van der Waals surface area (Å²) in [7, 11) is 0. The van der Waals surface area contributed by atoms with Gasteiger partial charge in [0.25, 0.3) is 0 Å². The molecule has 0 saturated heterocycles. The summed E-state index contributed by atoms with van der Waals surface area (Å²) in [5, 5.41) is 8.77. The Hall–Kier alpha value is -1.20. The molecule has 92 valence electrons. The summed E-state index contributed by atoms with van der Waals surface area (Å²) >= 11 is 2.26. The number of hydrogen-bond donors (Lipinski definition) is 1. The van der Waals surface area contributed by atoms with Crippen molar-refractivity contribution in [2.24, 2.45) is 0 Å². The van der Waals surface area contributed by atoms with Crippen LogP contribution in [0.15, 0.2) is 48.5 Å². The van der Waals surface area contributed by atoms with E-state index in [0.717, 1.165) is 20.3 Å². The van der Waals surface area contributed by atoms with Gasteiger partial charge in [-0.3, -0.25) is 0 Å². The minimum atomic E-state index is -0.231. The lowest BCUT2D eigenvalue weighted by atomic mass is 10.0. The number of aliphatic hydroxyl groups excluding tert-OH is 1. The lowest BCUT2D eigenvalue weighted by Gasteiger charge is -2.06. The molecule has 2 rings (SSSR count). The fourth-order valence-corrected chi connectivity index (χ4v) is 2.33. The van der Waals surface area contributed by atoms with E-state index in [4.69, 9.17) is 5.11 Å². The molecule has 0 atom stereocenters. The van der Waals surface area contributed by atoms with Crippen molar-refractivity contribution in [1.82, 2.24) is 0 Å². The Morgan fingerprint density at radius 3 is 2.50 bits per heavy atom. The molecule has 0 aliphatic rings. The molecule has 0 aliphatic carbocycles. The van der Waals surface area contributed by atoms with Gasteiger partial charge in [0.2, 0.25) is 0 Å². The van der Waals surface area contributed by atoms with Crippen LogP contribution >= 0.6 is 22.6 Å². The van der Waals surface area contributed by atoms with Gasteiger partial charge < -0.3 is 5.11 Å². The molecular weight excluding hydrogens is 342 g/mol. The molecule has 0 aromatic heterocycles. The zero-order valence-corrected chi connectivity index (χ0v) is 11.8. The molecule has 0 saturated carbocycles. The molecule has 0 radical (unpaired) electrons. The quantitative estimate of drug-likeness (QED) is 0.823. The summed E-state index contributed by atoms with van der Waals surface area (Å²) in [6, 6.07) is 12.5. The SMILES string of the molecule is OC/C=C\c1ccc(I)c(-c2ccc(F)cc2)c1. The molecule has 0 amide bonds. The lowest BCUT2D eigenvalue weighted by molar-refractivity contribution is 0.343. The van der Waals surface area contributed by atoms with Crippen LogP contribution in [0.5, 0.6) is 0 Å². The van der Waals surface area contributed by atoms with Gasteiger partial charge in [0.1, 0.15) is 5.82 Å². The standard InChI is InChI=1S/C15H12FIO/c16-13-6-4-12(5-7-13)14-10-11(2-1-9-18)3-8-15(14)17/h1-8,10,18H,9H2/b2-1-. The molecule has 1 nitrogen and oxygen atoms in total. The van der Waals surface area contributed by atoms with Crippen LogP contribution in [-0.2, 0) is 0 Å². The second-order valence-electron chi connectivity index (χ2n) is 3.83. The Labute approximate surface area is 119 Å². The van der Waals surface area contributed by atoms with Crippen molar-refractivity contribution in [3.63, 3.8) is 0 Å². The van der Waals surface area contributed by atoms with Crippen molar-refractivity contribution in [2.75, 3.05) is 6.61 Å². The van der Waals surface area contributed by atoms with E-state index in [1.165, 1.54) is 12.1 Å². The number of aliphatic hydroxyl groups is 1. The number of benzene rings is 2. The molecule has 1 N–H and O–H groups in total. The molecular formula is C15H12FIO. The van der Waals surface area contributed by atoms with E-state index in [2.05, 4.69) is 22.6 Å². The van der Waals surface area contributed by atoms with Crippen molar-refractivity contribution in [3.05, 3.63) is 63.5 Å². The first kappa shape index (κ1) is 13.2. The van der Waals surface area contributed by atoms with E-state index >= 15 is 0 Å². The largest absolute Gasteiger partial charge is 0.392 e. The maximum atomic E-state index is 12.9. The first-order chi connectivity index (χ1) is 8.70. The van der Waals surface area contributed by atoms with E-state index in [0.29, 0.717) is 0 Å².